The third kappa shape index (κ3) is 8.67. The minimum absolute atomic E-state index is 0.192. The number of benzene rings is 1. The van der Waals surface area contributed by atoms with Gasteiger partial charge >= 0.3 is 12.1 Å². The van der Waals surface area contributed by atoms with E-state index in [1.54, 1.807) is 32.3 Å². The van der Waals surface area contributed by atoms with Gasteiger partial charge in [-0.3, -0.25) is 19.6 Å². The van der Waals surface area contributed by atoms with E-state index in [1.165, 1.54) is 6.92 Å². The number of carbonyl (C=O) groups excluding carboxylic acids is 3. The number of cyclic esters (lactones) is 1. The van der Waals surface area contributed by atoms with Crippen LogP contribution in [0.25, 0.3) is 10.9 Å². The molecule has 4 aliphatic heterocycles. The first-order valence-electron chi connectivity index (χ1n) is 21.6. The third-order valence-electron chi connectivity index (χ3n) is 13.7. The summed E-state index contributed by atoms with van der Waals surface area (Å²) >= 11 is 0. The molecule has 6 rings (SSSR count). The molecule has 0 aliphatic carbocycles. The Bertz CT molecular complexity index is 1910. The molecule has 0 saturated carbocycles. The number of hydrogen-bond donors (Lipinski definition) is 1. The van der Waals surface area contributed by atoms with Crippen LogP contribution in [0.3, 0.4) is 0 Å². The molecule has 15 heteroatoms. The molecule has 0 radical (unpaired) electrons. The molecule has 13 atom stereocenters. The molecule has 1 N–H and O–H groups in total. The summed E-state index contributed by atoms with van der Waals surface area (Å²) in [5.74, 6) is -3.04. The van der Waals surface area contributed by atoms with E-state index in [-0.39, 0.29) is 30.7 Å². The molecule has 2 bridgehead atoms. The van der Waals surface area contributed by atoms with Crippen molar-refractivity contribution < 1.29 is 47.9 Å². The Balaban J connectivity index is 1.38. The molecule has 1 amide bonds. The monoisotopic (exact) mass is 837 g/mol. The lowest BCUT2D eigenvalue weighted by Gasteiger charge is -2.47. The number of esters is 1. The SMILES string of the molecule is CC[C@@H]1OC(=O)C(C)C(=O)[C@H](C)[C@@H](O[C@@H]2O[C@H](C)C[C@H](N(C)C)[C@H]2O)[C@@](C)(OC)C[C@@H](C)C2=NCN(CCCc3ccnc4cc(OC)ccc34)N3C(=O)O[C@@]1(C)[C@H]3[C@@H]2C. The first kappa shape index (κ1) is 45.8. The Morgan fingerprint density at radius 3 is 2.43 bits per heavy atom. The average molecular weight is 838 g/mol. The lowest BCUT2D eigenvalue weighted by Crippen LogP contribution is -2.61. The number of pyridine rings is 1. The lowest BCUT2D eigenvalue weighted by atomic mass is 9.73. The van der Waals surface area contributed by atoms with Crippen molar-refractivity contribution in [2.24, 2.45) is 28.7 Å². The number of methoxy groups -OCH3 is 2. The van der Waals surface area contributed by atoms with E-state index in [4.69, 9.17) is 33.4 Å². The summed E-state index contributed by atoms with van der Waals surface area (Å²) in [6.45, 7) is 15.6. The van der Waals surface area contributed by atoms with Gasteiger partial charge in [-0.1, -0.05) is 27.7 Å². The summed E-state index contributed by atoms with van der Waals surface area (Å²) in [5.41, 5.74) is 0.394. The Labute approximate surface area is 355 Å². The predicted molar refractivity (Wildman–Crippen MR) is 225 cm³/mol. The second-order valence-corrected chi connectivity index (χ2v) is 18.0. The summed E-state index contributed by atoms with van der Waals surface area (Å²) in [7, 11) is 7.02. The second kappa shape index (κ2) is 18.3. The third-order valence-corrected chi connectivity index (χ3v) is 13.7. The Morgan fingerprint density at radius 1 is 1.03 bits per heavy atom. The number of fused-ring (bicyclic) bond motifs is 2. The van der Waals surface area contributed by atoms with Gasteiger partial charge in [0, 0.05) is 54.9 Å². The predicted octanol–water partition coefficient (Wildman–Crippen LogP) is 5.44. The number of ketones is 1. The van der Waals surface area contributed by atoms with Gasteiger partial charge < -0.3 is 38.4 Å². The van der Waals surface area contributed by atoms with E-state index in [0.29, 0.717) is 32.2 Å². The van der Waals surface area contributed by atoms with Crippen molar-refractivity contribution in [1.29, 1.82) is 0 Å². The smallest absolute Gasteiger partial charge is 0.425 e. The number of amides is 1. The van der Waals surface area contributed by atoms with Gasteiger partial charge in [-0.2, -0.15) is 5.01 Å². The van der Waals surface area contributed by atoms with Crippen LogP contribution in [0.15, 0.2) is 35.5 Å². The quantitative estimate of drug-likeness (QED) is 0.238. The molecule has 2 aromatic rings. The van der Waals surface area contributed by atoms with Crippen LogP contribution in [0.5, 0.6) is 5.75 Å². The highest BCUT2D eigenvalue weighted by Gasteiger charge is 2.62. The van der Waals surface area contributed by atoms with E-state index in [0.717, 1.165) is 34.3 Å². The van der Waals surface area contributed by atoms with Gasteiger partial charge in [0.25, 0.3) is 0 Å². The lowest BCUT2D eigenvalue weighted by molar-refractivity contribution is -0.295. The molecule has 15 nitrogen and oxygen atoms in total. The zero-order valence-corrected chi connectivity index (χ0v) is 37.5. The maximum absolute atomic E-state index is 14.4. The molecule has 1 aromatic carbocycles. The fourth-order valence-corrected chi connectivity index (χ4v) is 10.3. The summed E-state index contributed by atoms with van der Waals surface area (Å²) in [6.07, 6.45) is -0.166. The molecule has 3 saturated heterocycles. The van der Waals surface area contributed by atoms with Gasteiger partial charge in [-0.25, -0.2) is 9.80 Å². The van der Waals surface area contributed by atoms with E-state index in [9.17, 15) is 19.5 Å². The first-order chi connectivity index (χ1) is 28.4. The number of ether oxygens (including phenoxy) is 6. The van der Waals surface area contributed by atoms with Crippen LogP contribution < -0.4 is 4.74 Å². The van der Waals surface area contributed by atoms with Gasteiger partial charge in [0.2, 0.25) is 0 Å². The Kier molecular flexibility index (Phi) is 14.0. The maximum Gasteiger partial charge on any atom is 0.425 e. The first-order valence-corrected chi connectivity index (χ1v) is 21.6. The number of aliphatic hydroxyl groups excluding tert-OH is 1. The highest BCUT2D eigenvalue weighted by atomic mass is 16.7. The van der Waals surface area contributed by atoms with Crippen molar-refractivity contribution in [3.05, 3.63) is 36.0 Å². The normalized spacial score (nSPS) is 37.0. The highest BCUT2D eigenvalue weighted by molar-refractivity contribution is 6.00. The van der Waals surface area contributed by atoms with E-state index in [1.807, 2.05) is 76.0 Å². The van der Waals surface area contributed by atoms with E-state index < -0.39 is 71.5 Å². The van der Waals surface area contributed by atoms with Crippen molar-refractivity contribution in [3.8, 4) is 5.75 Å². The number of aryl methyl sites for hydroxylation is 1. The summed E-state index contributed by atoms with van der Waals surface area (Å²) in [4.78, 5) is 54.5. The number of likely N-dealkylation sites (N-methyl/N-ethyl adjacent to an activating group) is 1. The summed E-state index contributed by atoms with van der Waals surface area (Å²) in [5, 5.41) is 16.2. The Hall–Kier alpha value is -3.73. The van der Waals surface area contributed by atoms with Crippen molar-refractivity contribution >= 4 is 34.5 Å². The van der Waals surface area contributed by atoms with Crippen LogP contribution in [0.1, 0.15) is 86.6 Å². The number of rotatable bonds is 10. The van der Waals surface area contributed by atoms with Crippen LogP contribution in [-0.2, 0) is 39.7 Å². The standard InChI is InChI=1S/C45H67N5O10/c1-13-35-45(8)39-27(4)36(47-24-49(50(39)43(54)60-45)20-14-15-30-18-19-46-33-22-31(55-11)16-17-32(30)33)25(2)23-44(7,56-12)40(28(5)37(51)29(6)41(53)58-35)59-42-38(52)34(48(9)10)21-26(3)57-42/h16-19,22,25-29,34-35,38-40,42,52H,13-15,20-21,23-24H2,1-12H3/t25-,26-,27-,28+,29?,34+,35+,38-,39-,40-,42+,44+,45-/m1/s1. The van der Waals surface area contributed by atoms with Gasteiger partial charge in [0.15, 0.2) is 17.7 Å². The zero-order chi connectivity index (χ0) is 43.8. The summed E-state index contributed by atoms with van der Waals surface area (Å²) in [6, 6.07) is 7.04. The van der Waals surface area contributed by atoms with Crippen LogP contribution in [-0.4, -0.2) is 144 Å². The fraction of sp³-hybridized carbons (Fsp3) is 0.711. The van der Waals surface area contributed by atoms with Crippen LogP contribution in [0.2, 0.25) is 0 Å². The minimum Gasteiger partial charge on any atom is -0.497 e. The van der Waals surface area contributed by atoms with Gasteiger partial charge in [0.1, 0.15) is 36.6 Å². The van der Waals surface area contributed by atoms with Crippen molar-refractivity contribution in [2.45, 2.75) is 141 Å². The van der Waals surface area contributed by atoms with E-state index in [2.05, 4.69) is 18.8 Å². The molecule has 1 unspecified atom stereocenters. The van der Waals surface area contributed by atoms with Gasteiger partial charge in [-0.15, -0.1) is 0 Å². The minimum atomic E-state index is -1.28. The number of aliphatic imine (C=N–C) groups is 1. The van der Waals surface area contributed by atoms with Crippen LogP contribution in [0.4, 0.5) is 4.79 Å². The molecule has 0 spiro atoms. The van der Waals surface area contributed by atoms with Gasteiger partial charge in [-0.05, 0) is 104 Å². The number of aromatic nitrogens is 1. The molecular formula is C45H67N5O10. The molecule has 3 fully saturated rings. The molecule has 5 heterocycles. The van der Waals surface area contributed by atoms with Crippen molar-refractivity contribution in [1.82, 2.24) is 19.9 Å². The number of carbonyl (C=O) groups is 3. The maximum atomic E-state index is 14.4. The van der Waals surface area contributed by atoms with Crippen LogP contribution in [0, 0.1) is 23.7 Å². The number of Topliss-reactive ketones (excluding diaryl/α,β-unsaturated/α-hetero) is 1. The van der Waals surface area contributed by atoms with Crippen LogP contribution >= 0.6 is 0 Å². The largest absolute Gasteiger partial charge is 0.497 e. The number of aliphatic hydroxyl groups is 1. The molecule has 4 aliphatic rings. The van der Waals surface area contributed by atoms with Crippen molar-refractivity contribution in [3.63, 3.8) is 0 Å². The zero-order valence-electron chi connectivity index (χ0n) is 37.5. The topological polar surface area (TPSA) is 162 Å². The summed E-state index contributed by atoms with van der Waals surface area (Å²) < 4.78 is 37.4. The molecule has 1 aromatic heterocycles. The number of nitrogens with zero attached hydrogens (tertiary/aromatic N) is 5. The average Bonchev–Trinajstić information content (AvgIpc) is 3.39. The molecule has 332 valence electrons. The molecular weight excluding hydrogens is 771 g/mol. The second-order valence-electron chi connectivity index (χ2n) is 18.0. The molecule has 60 heavy (non-hydrogen) atoms. The van der Waals surface area contributed by atoms with Crippen molar-refractivity contribution in [2.75, 3.05) is 41.5 Å². The Morgan fingerprint density at radius 2 is 1.77 bits per heavy atom. The fourth-order valence-electron chi connectivity index (χ4n) is 10.3. The van der Waals surface area contributed by atoms with E-state index >= 15 is 0 Å². The number of hydrogen-bond acceptors (Lipinski definition) is 14. The number of hydrazine groups is 1. The highest BCUT2D eigenvalue weighted by Crippen LogP contribution is 2.45. The van der Waals surface area contributed by atoms with Gasteiger partial charge in [0.05, 0.1) is 30.4 Å².